The SMILES string of the molecule is OCCCCCCCCCCCCCCCCCCNO. The molecule has 3 N–H and O–H groups in total. The smallest absolute Gasteiger partial charge is 0.0431 e. The zero-order valence-electron chi connectivity index (χ0n) is 14.1. The highest BCUT2D eigenvalue weighted by Gasteiger charge is 1.94. The van der Waals surface area contributed by atoms with Crippen molar-refractivity contribution in [3.63, 3.8) is 0 Å². The summed E-state index contributed by atoms with van der Waals surface area (Å²) in [5, 5.41) is 17.1. The topological polar surface area (TPSA) is 52.5 Å². The molecule has 0 aromatic heterocycles. The van der Waals surface area contributed by atoms with Crippen LogP contribution in [0.25, 0.3) is 0 Å². The fraction of sp³-hybridized carbons (Fsp3) is 1.00. The van der Waals surface area contributed by atoms with Crippen LogP contribution in [0.3, 0.4) is 0 Å². The van der Waals surface area contributed by atoms with Crippen molar-refractivity contribution in [3.8, 4) is 0 Å². The molecule has 0 saturated heterocycles. The molecule has 0 fully saturated rings. The van der Waals surface area contributed by atoms with Crippen molar-refractivity contribution >= 4 is 0 Å². The molecule has 0 spiro atoms. The molecule has 0 aliphatic carbocycles. The Kier molecular flexibility index (Phi) is 19.8. The monoisotopic (exact) mass is 301 g/mol. The van der Waals surface area contributed by atoms with Gasteiger partial charge in [-0.25, -0.2) is 5.48 Å². The predicted octanol–water partition coefficient (Wildman–Crippen LogP) is 5.20. The molecule has 0 aromatic carbocycles. The Balaban J connectivity index is 2.90. The van der Waals surface area contributed by atoms with Crippen LogP contribution in [0.2, 0.25) is 0 Å². The van der Waals surface area contributed by atoms with Gasteiger partial charge in [-0.1, -0.05) is 89.9 Å². The van der Waals surface area contributed by atoms with Gasteiger partial charge in [0.15, 0.2) is 0 Å². The van der Waals surface area contributed by atoms with E-state index in [0.29, 0.717) is 6.61 Å². The lowest BCUT2D eigenvalue weighted by Crippen LogP contribution is -2.07. The van der Waals surface area contributed by atoms with Gasteiger partial charge in [-0.3, -0.25) is 0 Å². The van der Waals surface area contributed by atoms with E-state index in [1.807, 2.05) is 0 Å². The van der Waals surface area contributed by atoms with Crippen LogP contribution < -0.4 is 5.48 Å². The van der Waals surface area contributed by atoms with Crippen LogP contribution in [0.1, 0.15) is 103 Å². The van der Waals surface area contributed by atoms with E-state index in [1.54, 1.807) is 0 Å². The summed E-state index contributed by atoms with van der Waals surface area (Å²) in [6.45, 7) is 1.10. The zero-order valence-corrected chi connectivity index (χ0v) is 14.1. The third-order valence-corrected chi connectivity index (χ3v) is 4.20. The third-order valence-electron chi connectivity index (χ3n) is 4.20. The Labute approximate surface area is 132 Å². The molecule has 3 heteroatoms. The average molecular weight is 302 g/mol. The van der Waals surface area contributed by atoms with Gasteiger partial charge in [-0.15, -0.1) is 0 Å². The molecule has 0 heterocycles. The Morgan fingerprint density at radius 1 is 0.429 bits per heavy atom. The summed E-state index contributed by atoms with van der Waals surface area (Å²) < 4.78 is 0. The summed E-state index contributed by atoms with van der Waals surface area (Å²) in [5.41, 5.74) is 2.21. The number of hydrogen-bond donors (Lipinski definition) is 3. The van der Waals surface area contributed by atoms with E-state index >= 15 is 0 Å². The molecule has 0 aromatic rings. The predicted molar refractivity (Wildman–Crippen MR) is 90.7 cm³/mol. The van der Waals surface area contributed by atoms with Gasteiger partial charge in [0.2, 0.25) is 0 Å². The second-order valence-electron chi connectivity index (χ2n) is 6.29. The molecule has 0 aliphatic heterocycles. The minimum atomic E-state index is 0.361. The number of unbranched alkanes of at least 4 members (excludes halogenated alkanes) is 15. The number of rotatable bonds is 18. The Morgan fingerprint density at radius 3 is 1.00 bits per heavy atom. The van der Waals surface area contributed by atoms with Crippen LogP contribution in [-0.4, -0.2) is 23.5 Å². The molecule has 128 valence electrons. The van der Waals surface area contributed by atoms with E-state index < -0.39 is 0 Å². The summed E-state index contributed by atoms with van der Waals surface area (Å²) in [5.74, 6) is 0. The van der Waals surface area contributed by atoms with Crippen molar-refractivity contribution in [3.05, 3.63) is 0 Å². The first-order valence-electron chi connectivity index (χ1n) is 9.39. The Bertz CT molecular complexity index is 159. The Hall–Kier alpha value is -0.120. The maximum Gasteiger partial charge on any atom is 0.0431 e. The molecule has 0 saturated carbocycles. The molecule has 0 unspecified atom stereocenters. The lowest BCUT2D eigenvalue weighted by Gasteiger charge is -2.03. The van der Waals surface area contributed by atoms with Crippen molar-refractivity contribution in [2.45, 2.75) is 103 Å². The number of aliphatic hydroxyl groups excluding tert-OH is 1. The van der Waals surface area contributed by atoms with E-state index in [0.717, 1.165) is 19.4 Å². The molecule has 0 rings (SSSR count). The largest absolute Gasteiger partial charge is 0.396 e. The molecule has 0 amide bonds. The molecule has 21 heavy (non-hydrogen) atoms. The van der Waals surface area contributed by atoms with Crippen LogP contribution in [0, 0.1) is 0 Å². The average Bonchev–Trinajstić information content (AvgIpc) is 2.50. The van der Waals surface area contributed by atoms with Crippen LogP contribution in [0.15, 0.2) is 0 Å². The van der Waals surface area contributed by atoms with E-state index in [2.05, 4.69) is 5.48 Å². The van der Waals surface area contributed by atoms with Gasteiger partial charge < -0.3 is 10.3 Å². The summed E-state index contributed by atoms with van der Waals surface area (Å²) in [6, 6.07) is 0. The first kappa shape index (κ1) is 20.9. The van der Waals surface area contributed by atoms with Crippen molar-refractivity contribution in [1.29, 1.82) is 0 Å². The minimum Gasteiger partial charge on any atom is -0.396 e. The van der Waals surface area contributed by atoms with Crippen LogP contribution >= 0.6 is 0 Å². The zero-order chi connectivity index (χ0) is 15.4. The summed E-state index contributed by atoms with van der Waals surface area (Å²) >= 11 is 0. The molecule has 3 nitrogen and oxygen atoms in total. The lowest BCUT2D eigenvalue weighted by atomic mass is 10.0. The van der Waals surface area contributed by atoms with Gasteiger partial charge in [-0.05, 0) is 12.8 Å². The highest BCUT2D eigenvalue weighted by Crippen LogP contribution is 2.13. The van der Waals surface area contributed by atoms with Gasteiger partial charge in [0.05, 0.1) is 0 Å². The first-order valence-corrected chi connectivity index (χ1v) is 9.39. The van der Waals surface area contributed by atoms with Crippen LogP contribution in [0.4, 0.5) is 0 Å². The number of hydroxylamine groups is 1. The first-order chi connectivity index (χ1) is 10.4. The Morgan fingerprint density at radius 2 is 0.714 bits per heavy atom. The van der Waals surface area contributed by atoms with E-state index in [1.165, 1.54) is 89.9 Å². The van der Waals surface area contributed by atoms with Gasteiger partial charge in [0.25, 0.3) is 0 Å². The number of aliphatic hydroxyl groups is 1. The minimum absolute atomic E-state index is 0.361. The van der Waals surface area contributed by atoms with Crippen molar-refractivity contribution in [2.24, 2.45) is 0 Å². The summed E-state index contributed by atoms with van der Waals surface area (Å²) in [4.78, 5) is 0. The van der Waals surface area contributed by atoms with Gasteiger partial charge in [0.1, 0.15) is 0 Å². The maximum atomic E-state index is 8.68. The van der Waals surface area contributed by atoms with E-state index in [-0.39, 0.29) is 0 Å². The fourth-order valence-electron chi connectivity index (χ4n) is 2.79. The van der Waals surface area contributed by atoms with Crippen LogP contribution in [-0.2, 0) is 0 Å². The van der Waals surface area contributed by atoms with E-state index in [9.17, 15) is 0 Å². The maximum absolute atomic E-state index is 8.68. The van der Waals surface area contributed by atoms with Crippen molar-refractivity contribution in [1.82, 2.24) is 5.48 Å². The van der Waals surface area contributed by atoms with Gasteiger partial charge in [0, 0.05) is 13.2 Å². The molecule has 0 radical (unpaired) electrons. The lowest BCUT2D eigenvalue weighted by molar-refractivity contribution is 0.164. The van der Waals surface area contributed by atoms with E-state index in [4.69, 9.17) is 10.3 Å². The quantitative estimate of drug-likeness (QED) is 0.241. The second kappa shape index (κ2) is 19.9. The number of hydrogen-bond acceptors (Lipinski definition) is 3. The normalized spacial score (nSPS) is 11.1. The molecule has 0 aliphatic rings. The molecular formula is C18H39NO2. The third kappa shape index (κ3) is 19.9. The van der Waals surface area contributed by atoms with Gasteiger partial charge in [-0.2, -0.15) is 0 Å². The van der Waals surface area contributed by atoms with Crippen molar-refractivity contribution in [2.75, 3.05) is 13.2 Å². The molecular weight excluding hydrogens is 262 g/mol. The second-order valence-corrected chi connectivity index (χ2v) is 6.29. The highest BCUT2D eigenvalue weighted by molar-refractivity contribution is 4.50. The summed E-state index contributed by atoms with van der Waals surface area (Å²) in [6.07, 6.45) is 21.1. The number of nitrogens with one attached hydrogen (secondary N) is 1. The van der Waals surface area contributed by atoms with Crippen molar-refractivity contribution < 1.29 is 10.3 Å². The molecule has 0 atom stereocenters. The fourth-order valence-corrected chi connectivity index (χ4v) is 2.79. The summed E-state index contributed by atoms with van der Waals surface area (Å²) in [7, 11) is 0. The highest BCUT2D eigenvalue weighted by atomic mass is 16.5. The van der Waals surface area contributed by atoms with Gasteiger partial charge >= 0.3 is 0 Å². The van der Waals surface area contributed by atoms with Crippen LogP contribution in [0.5, 0.6) is 0 Å². The standard InChI is InChI=1S/C18H39NO2/c20-18-16-14-12-10-8-6-4-2-1-3-5-7-9-11-13-15-17-19-21/h19-21H,1-18H2. The molecule has 0 bridgehead atoms.